The Balaban J connectivity index is 2.56. The molecule has 0 spiro atoms. The number of hydrogen-bond acceptors (Lipinski definition) is 5. The molecule has 17 heavy (non-hydrogen) atoms. The van der Waals surface area contributed by atoms with E-state index in [0.717, 1.165) is 5.01 Å². The molecular formula is C10H19N3O2S2. The summed E-state index contributed by atoms with van der Waals surface area (Å²) >= 11 is 1.47. The van der Waals surface area contributed by atoms with E-state index in [4.69, 9.17) is 0 Å². The molecule has 0 radical (unpaired) electrons. The molecular weight excluding hydrogens is 258 g/mol. The lowest BCUT2D eigenvalue weighted by atomic mass is 10.3. The van der Waals surface area contributed by atoms with Crippen LogP contribution in [0.5, 0.6) is 0 Å². The molecule has 0 amide bonds. The average molecular weight is 277 g/mol. The number of hydrogen-bond donors (Lipinski definition) is 2. The van der Waals surface area contributed by atoms with Crippen molar-refractivity contribution in [3.8, 4) is 0 Å². The van der Waals surface area contributed by atoms with Crippen LogP contribution in [0.1, 0.15) is 30.8 Å². The first-order valence-corrected chi connectivity index (χ1v) is 8.16. The first-order chi connectivity index (χ1) is 8.09. The van der Waals surface area contributed by atoms with E-state index in [2.05, 4.69) is 15.0 Å². The van der Waals surface area contributed by atoms with Crippen LogP contribution in [0.15, 0.2) is 11.6 Å². The minimum atomic E-state index is -3.21. The Kier molecular flexibility index (Phi) is 6.04. The fraction of sp³-hybridized carbons (Fsp3) is 0.700. The molecule has 1 aromatic heterocycles. The third-order valence-electron chi connectivity index (χ3n) is 2.32. The first-order valence-electron chi connectivity index (χ1n) is 5.63. The number of sulfonamides is 1. The maximum Gasteiger partial charge on any atom is 0.212 e. The van der Waals surface area contributed by atoms with E-state index in [1.165, 1.54) is 11.3 Å². The van der Waals surface area contributed by atoms with Gasteiger partial charge in [-0.3, -0.25) is 0 Å². The van der Waals surface area contributed by atoms with Crippen LogP contribution in [-0.4, -0.2) is 32.7 Å². The monoisotopic (exact) mass is 277 g/mol. The number of nitrogens with zero attached hydrogens (tertiary/aromatic N) is 1. The van der Waals surface area contributed by atoms with E-state index in [1.807, 2.05) is 19.4 Å². The minimum Gasteiger partial charge on any atom is -0.320 e. The van der Waals surface area contributed by atoms with Crippen molar-refractivity contribution in [2.75, 3.05) is 19.3 Å². The van der Waals surface area contributed by atoms with Gasteiger partial charge in [0.2, 0.25) is 10.0 Å². The molecule has 5 nitrogen and oxygen atoms in total. The number of rotatable bonds is 8. The molecule has 0 aromatic carbocycles. The Morgan fingerprint density at radius 1 is 1.53 bits per heavy atom. The van der Waals surface area contributed by atoms with Gasteiger partial charge < -0.3 is 5.32 Å². The molecule has 1 aromatic rings. The van der Waals surface area contributed by atoms with Crippen LogP contribution in [0, 0.1) is 0 Å². The smallest absolute Gasteiger partial charge is 0.212 e. The van der Waals surface area contributed by atoms with Crippen molar-refractivity contribution in [3.63, 3.8) is 0 Å². The Morgan fingerprint density at radius 2 is 2.29 bits per heavy atom. The molecule has 2 N–H and O–H groups in total. The predicted octanol–water partition coefficient (Wildman–Crippen LogP) is 1.12. The predicted molar refractivity (Wildman–Crippen MR) is 70.6 cm³/mol. The van der Waals surface area contributed by atoms with Gasteiger partial charge in [0.05, 0.1) is 11.8 Å². The molecule has 1 atom stereocenters. The Morgan fingerprint density at radius 3 is 2.82 bits per heavy atom. The zero-order chi connectivity index (χ0) is 12.7. The third-order valence-corrected chi connectivity index (χ3v) is 4.68. The van der Waals surface area contributed by atoms with E-state index in [1.54, 1.807) is 6.20 Å². The third kappa shape index (κ3) is 5.12. The van der Waals surface area contributed by atoms with E-state index < -0.39 is 10.0 Å². The van der Waals surface area contributed by atoms with Crippen LogP contribution in [0.25, 0.3) is 0 Å². The zero-order valence-corrected chi connectivity index (χ0v) is 11.8. The molecule has 1 unspecified atom stereocenters. The van der Waals surface area contributed by atoms with Gasteiger partial charge in [0, 0.05) is 11.6 Å². The van der Waals surface area contributed by atoms with Crippen molar-refractivity contribution in [3.05, 3.63) is 16.6 Å². The molecule has 0 aliphatic heterocycles. The van der Waals surface area contributed by atoms with Gasteiger partial charge in [0.1, 0.15) is 5.01 Å². The minimum absolute atomic E-state index is 0.149. The molecule has 0 bridgehead atoms. The molecule has 1 rings (SSSR count). The normalized spacial score (nSPS) is 13.8. The molecule has 98 valence electrons. The van der Waals surface area contributed by atoms with Crippen molar-refractivity contribution in [1.29, 1.82) is 0 Å². The number of nitrogens with one attached hydrogen (secondary N) is 2. The molecule has 0 aliphatic rings. The Hall–Kier alpha value is -0.500. The quantitative estimate of drug-likeness (QED) is 0.699. The van der Waals surface area contributed by atoms with Crippen molar-refractivity contribution >= 4 is 21.4 Å². The van der Waals surface area contributed by atoms with Crippen LogP contribution in [-0.2, 0) is 10.0 Å². The molecule has 0 fully saturated rings. The largest absolute Gasteiger partial charge is 0.320 e. The maximum absolute atomic E-state index is 11.8. The van der Waals surface area contributed by atoms with Crippen molar-refractivity contribution in [1.82, 2.24) is 15.0 Å². The summed E-state index contributed by atoms with van der Waals surface area (Å²) in [6.07, 6.45) is 3.01. The fourth-order valence-electron chi connectivity index (χ4n) is 1.43. The Bertz CT molecular complexity index is 403. The van der Waals surface area contributed by atoms with E-state index in [-0.39, 0.29) is 11.8 Å². The summed E-state index contributed by atoms with van der Waals surface area (Å²) in [6.45, 7) is 2.65. The topological polar surface area (TPSA) is 71.1 Å². The summed E-state index contributed by atoms with van der Waals surface area (Å²) < 4.78 is 26.3. The van der Waals surface area contributed by atoms with Crippen LogP contribution < -0.4 is 10.0 Å². The summed E-state index contributed by atoms with van der Waals surface area (Å²) in [4.78, 5) is 4.15. The van der Waals surface area contributed by atoms with Crippen molar-refractivity contribution < 1.29 is 8.42 Å². The highest BCUT2D eigenvalue weighted by Crippen LogP contribution is 2.19. The number of thiazole rings is 1. The summed E-state index contributed by atoms with van der Waals surface area (Å²) in [5.74, 6) is 0.149. The average Bonchev–Trinajstić information content (AvgIpc) is 2.79. The molecule has 0 aliphatic carbocycles. The summed E-state index contributed by atoms with van der Waals surface area (Å²) in [7, 11) is -1.40. The van der Waals surface area contributed by atoms with Gasteiger partial charge >= 0.3 is 0 Å². The second-order valence-corrected chi connectivity index (χ2v) is 6.52. The van der Waals surface area contributed by atoms with Crippen LogP contribution in [0.4, 0.5) is 0 Å². The van der Waals surface area contributed by atoms with Crippen LogP contribution in [0.2, 0.25) is 0 Å². The van der Waals surface area contributed by atoms with Gasteiger partial charge in [0.25, 0.3) is 0 Å². The SMILES string of the molecule is CCC(NS(=O)(=O)CCCNC)c1nccs1. The van der Waals surface area contributed by atoms with Gasteiger partial charge in [0.15, 0.2) is 0 Å². The number of aromatic nitrogens is 1. The molecule has 7 heteroatoms. The summed E-state index contributed by atoms with van der Waals surface area (Å²) in [6, 6.07) is -0.199. The van der Waals surface area contributed by atoms with Crippen LogP contribution in [0.3, 0.4) is 0 Å². The van der Waals surface area contributed by atoms with E-state index in [0.29, 0.717) is 19.4 Å². The second kappa shape index (κ2) is 7.05. The standard InChI is InChI=1S/C10H19N3O2S2/c1-3-9(10-12-6-7-16-10)13-17(14,15)8-4-5-11-2/h6-7,9,11,13H,3-5,8H2,1-2H3. The molecule has 0 saturated heterocycles. The fourth-order valence-corrected chi connectivity index (χ4v) is 3.63. The summed E-state index contributed by atoms with van der Waals surface area (Å²) in [5.41, 5.74) is 0. The molecule has 1 heterocycles. The lowest BCUT2D eigenvalue weighted by Gasteiger charge is -2.14. The van der Waals surface area contributed by atoms with E-state index >= 15 is 0 Å². The Labute approximate surface area is 107 Å². The highest BCUT2D eigenvalue weighted by Gasteiger charge is 2.19. The highest BCUT2D eigenvalue weighted by atomic mass is 32.2. The lowest BCUT2D eigenvalue weighted by molar-refractivity contribution is 0.546. The molecule has 0 saturated carbocycles. The zero-order valence-electron chi connectivity index (χ0n) is 10.1. The second-order valence-electron chi connectivity index (χ2n) is 3.73. The van der Waals surface area contributed by atoms with Crippen molar-refractivity contribution in [2.24, 2.45) is 0 Å². The maximum atomic E-state index is 11.8. The van der Waals surface area contributed by atoms with Crippen LogP contribution >= 0.6 is 11.3 Å². The lowest BCUT2D eigenvalue weighted by Crippen LogP contribution is -2.31. The van der Waals surface area contributed by atoms with Gasteiger partial charge in [-0.05, 0) is 26.4 Å². The van der Waals surface area contributed by atoms with E-state index in [9.17, 15) is 8.42 Å². The van der Waals surface area contributed by atoms with Gasteiger partial charge in [-0.1, -0.05) is 6.92 Å². The van der Waals surface area contributed by atoms with Gasteiger partial charge in [-0.2, -0.15) is 0 Å². The van der Waals surface area contributed by atoms with Gasteiger partial charge in [-0.15, -0.1) is 11.3 Å². The van der Waals surface area contributed by atoms with Gasteiger partial charge in [-0.25, -0.2) is 18.1 Å². The van der Waals surface area contributed by atoms with Crippen molar-refractivity contribution in [2.45, 2.75) is 25.8 Å². The first kappa shape index (κ1) is 14.6. The highest BCUT2D eigenvalue weighted by molar-refractivity contribution is 7.89. The summed E-state index contributed by atoms with van der Waals surface area (Å²) in [5, 5.41) is 5.61.